The molecule has 0 radical (unpaired) electrons. The molecule has 4 rings (SSSR count). The number of hydrogen-bond acceptors (Lipinski definition) is 2. The third-order valence-electron chi connectivity index (χ3n) is 6.87. The lowest BCUT2D eigenvalue weighted by molar-refractivity contribution is -0.188. The molecule has 0 spiro atoms. The minimum atomic E-state index is -0.607. The Morgan fingerprint density at radius 2 is 1.36 bits per heavy atom. The van der Waals surface area contributed by atoms with Crippen LogP contribution in [-0.4, -0.2) is 29.1 Å². The first-order valence-electron chi connectivity index (χ1n) is 9.22. The van der Waals surface area contributed by atoms with Crippen LogP contribution in [0, 0.1) is 11.8 Å². The Labute approximate surface area is 134 Å². The number of likely N-dealkylation sites (tertiary alicyclic amines) is 1. The summed E-state index contributed by atoms with van der Waals surface area (Å²) in [6.07, 6.45) is 10.1. The first-order chi connectivity index (χ1) is 10.7. The van der Waals surface area contributed by atoms with Gasteiger partial charge in [0.05, 0.1) is 5.60 Å². The average molecular weight is 299 g/mol. The molecule has 1 aromatic carbocycles. The van der Waals surface area contributed by atoms with Crippen LogP contribution in [0.15, 0.2) is 30.3 Å². The van der Waals surface area contributed by atoms with Crippen molar-refractivity contribution in [2.75, 3.05) is 7.05 Å². The van der Waals surface area contributed by atoms with E-state index in [2.05, 4.69) is 42.3 Å². The molecule has 1 heterocycles. The second kappa shape index (κ2) is 5.65. The van der Waals surface area contributed by atoms with Crippen LogP contribution in [0.25, 0.3) is 0 Å². The van der Waals surface area contributed by atoms with Gasteiger partial charge in [-0.1, -0.05) is 56.0 Å². The van der Waals surface area contributed by atoms with E-state index in [0.29, 0.717) is 23.9 Å². The maximum atomic E-state index is 12.0. The topological polar surface area (TPSA) is 23.5 Å². The zero-order valence-corrected chi connectivity index (χ0v) is 13.7. The maximum Gasteiger partial charge on any atom is 0.0982 e. The molecule has 120 valence electrons. The van der Waals surface area contributed by atoms with Gasteiger partial charge >= 0.3 is 0 Å². The van der Waals surface area contributed by atoms with Crippen LogP contribution in [0.3, 0.4) is 0 Å². The molecule has 0 bridgehead atoms. The number of fused-ring (bicyclic) bond motifs is 2. The molecule has 1 aromatic rings. The smallest absolute Gasteiger partial charge is 0.0982 e. The molecule has 5 atom stereocenters. The SMILES string of the molecule is CN1[C@@H]2CCCC[C@H]2C(O)(c2ccccc2)[C@H]2CCCC[C@@H]21. The Kier molecular flexibility index (Phi) is 3.78. The summed E-state index contributed by atoms with van der Waals surface area (Å²) in [6.45, 7) is 0. The predicted octanol–water partition coefficient (Wildman–Crippen LogP) is 3.94. The second-order valence-electron chi connectivity index (χ2n) is 7.77. The molecule has 2 nitrogen and oxygen atoms in total. The first-order valence-corrected chi connectivity index (χ1v) is 9.22. The Morgan fingerprint density at radius 1 is 0.864 bits per heavy atom. The minimum absolute atomic E-state index is 0.410. The Balaban J connectivity index is 1.81. The van der Waals surface area contributed by atoms with E-state index < -0.39 is 5.60 Å². The monoisotopic (exact) mass is 299 g/mol. The molecular formula is C20H29NO. The number of hydrogen-bond donors (Lipinski definition) is 1. The lowest BCUT2D eigenvalue weighted by Gasteiger charge is -2.60. The summed E-state index contributed by atoms with van der Waals surface area (Å²) in [5, 5.41) is 12.0. The van der Waals surface area contributed by atoms with Crippen molar-refractivity contribution in [3.05, 3.63) is 35.9 Å². The third-order valence-corrected chi connectivity index (χ3v) is 6.87. The second-order valence-corrected chi connectivity index (χ2v) is 7.77. The molecular weight excluding hydrogens is 270 g/mol. The van der Waals surface area contributed by atoms with Crippen LogP contribution in [0.2, 0.25) is 0 Å². The van der Waals surface area contributed by atoms with E-state index in [0.717, 1.165) is 0 Å². The lowest BCUT2D eigenvalue weighted by Crippen LogP contribution is -2.65. The Bertz CT molecular complexity index is 490. The van der Waals surface area contributed by atoms with Gasteiger partial charge in [-0.25, -0.2) is 0 Å². The van der Waals surface area contributed by atoms with Crippen LogP contribution in [0.1, 0.15) is 56.9 Å². The Morgan fingerprint density at radius 3 is 1.91 bits per heavy atom. The Hall–Kier alpha value is -0.860. The molecule has 2 heteroatoms. The average Bonchev–Trinajstić information content (AvgIpc) is 2.60. The number of nitrogens with zero attached hydrogens (tertiary/aromatic N) is 1. The molecule has 1 saturated heterocycles. The van der Waals surface area contributed by atoms with Crippen LogP contribution < -0.4 is 0 Å². The van der Waals surface area contributed by atoms with E-state index in [4.69, 9.17) is 0 Å². The normalized spacial score (nSPS) is 42.5. The van der Waals surface area contributed by atoms with E-state index in [-0.39, 0.29) is 0 Å². The van der Waals surface area contributed by atoms with Crippen molar-refractivity contribution in [2.45, 2.75) is 69.1 Å². The predicted molar refractivity (Wildman–Crippen MR) is 89.6 cm³/mol. The number of benzene rings is 1. The van der Waals surface area contributed by atoms with Crippen molar-refractivity contribution >= 4 is 0 Å². The number of rotatable bonds is 1. The highest BCUT2D eigenvalue weighted by molar-refractivity contribution is 5.28. The first kappa shape index (κ1) is 14.7. The van der Waals surface area contributed by atoms with Gasteiger partial charge in [-0.3, -0.25) is 4.90 Å². The van der Waals surface area contributed by atoms with Crippen molar-refractivity contribution in [1.29, 1.82) is 0 Å². The van der Waals surface area contributed by atoms with Crippen molar-refractivity contribution in [3.8, 4) is 0 Å². The fourth-order valence-corrected chi connectivity index (χ4v) is 5.88. The highest BCUT2D eigenvalue weighted by Gasteiger charge is 2.57. The van der Waals surface area contributed by atoms with Crippen LogP contribution in [-0.2, 0) is 5.60 Å². The molecule has 2 aliphatic carbocycles. The molecule has 22 heavy (non-hydrogen) atoms. The molecule has 0 amide bonds. The molecule has 1 aliphatic heterocycles. The van der Waals surface area contributed by atoms with Crippen molar-refractivity contribution in [1.82, 2.24) is 4.90 Å². The maximum absolute atomic E-state index is 12.0. The molecule has 0 aromatic heterocycles. The van der Waals surface area contributed by atoms with E-state index in [1.807, 2.05) is 0 Å². The van der Waals surface area contributed by atoms with Gasteiger partial charge in [0.2, 0.25) is 0 Å². The van der Waals surface area contributed by atoms with Crippen LogP contribution in [0.5, 0.6) is 0 Å². The third kappa shape index (κ3) is 2.07. The standard InChI is InChI=1S/C20H29NO/c1-21-18-13-7-5-11-16(18)20(22,15-9-3-2-4-10-15)17-12-6-8-14-19(17)21/h2-4,9-10,16-19,22H,5-8,11-14H2,1H3/t16-,17+,18-,19+,20?. The zero-order valence-electron chi connectivity index (χ0n) is 13.7. The number of piperidine rings is 1. The molecule has 1 unspecified atom stereocenters. The van der Waals surface area contributed by atoms with E-state index in [9.17, 15) is 5.11 Å². The summed E-state index contributed by atoms with van der Waals surface area (Å²) in [5.41, 5.74) is 0.570. The summed E-state index contributed by atoms with van der Waals surface area (Å²) < 4.78 is 0. The fourth-order valence-electron chi connectivity index (χ4n) is 5.88. The van der Waals surface area contributed by atoms with Gasteiger partial charge < -0.3 is 5.11 Å². The van der Waals surface area contributed by atoms with E-state index >= 15 is 0 Å². The van der Waals surface area contributed by atoms with E-state index in [1.165, 1.54) is 56.9 Å². The molecule has 1 N–H and O–H groups in total. The van der Waals surface area contributed by atoms with Gasteiger partial charge in [-0.15, -0.1) is 0 Å². The largest absolute Gasteiger partial charge is 0.384 e. The number of aliphatic hydroxyl groups is 1. The summed E-state index contributed by atoms with van der Waals surface area (Å²) in [6, 6.07) is 11.7. The van der Waals surface area contributed by atoms with Gasteiger partial charge in [0.15, 0.2) is 0 Å². The summed E-state index contributed by atoms with van der Waals surface area (Å²) >= 11 is 0. The van der Waals surface area contributed by atoms with Gasteiger partial charge in [-0.2, -0.15) is 0 Å². The quantitative estimate of drug-likeness (QED) is 0.849. The molecule has 2 saturated carbocycles. The molecule has 3 fully saturated rings. The highest BCUT2D eigenvalue weighted by Crippen LogP contribution is 2.54. The van der Waals surface area contributed by atoms with Gasteiger partial charge in [-0.05, 0) is 38.3 Å². The highest BCUT2D eigenvalue weighted by atomic mass is 16.3. The van der Waals surface area contributed by atoms with Crippen LogP contribution >= 0.6 is 0 Å². The van der Waals surface area contributed by atoms with Gasteiger partial charge in [0.25, 0.3) is 0 Å². The zero-order chi connectivity index (χ0) is 15.2. The summed E-state index contributed by atoms with van der Waals surface area (Å²) in [7, 11) is 2.33. The van der Waals surface area contributed by atoms with Gasteiger partial charge in [0, 0.05) is 23.9 Å². The van der Waals surface area contributed by atoms with Crippen molar-refractivity contribution < 1.29 is 5.11 Å². The van der Waals surface area contributed by atoms with Crippen molar-refractivity contribution in [3.63, 3.8) is 0 Å². The van der Waals surface area contributed by atoms with Crippen LogP contribution in [0.4, 0.5) is 0 Å². The fraction of sp³-hybridized carbons (Fsp3) is 0.700. The van der Waals surface area contributed by atoms with E-state index in [1.54, 1.807) is 0 Å². The summed E-state index contributed by atoms with van der Waals surface area (Å²) in [4.78, 5) is 2.66. The lowest BCUT2D eigenvalue weighted by atomic mass is 9.57. The molecule has 3 aliphatic rings. The summed E-state index contributed by atoms with van der Waals surface area (Å²) in [5.74, 6) is 0.820. The van der Waals surface area contributed by atoms with Gasteiger partial charge in [0.1, 0.15) is 0 Å². The minimum Gasteiger partial charge on any atom is -0.384 e. The van der Waals surface area contributed by atoms with Crippen molar-refractivity contribution in [2.24, 2.45) is 11.8 Å².